The van der Waals surface area contributed by atoms with Gasteiger partial charge in [-0.3, -0.25) is 4.79 Å². The van der Waals surface area contributed by atoms with E-state index in [1.54, 1.807) is 0 Å². The number of nitrogens with zero attached hydrogens (tertiary/aromatic N) is 1. The van der Waals surface area contributed by atoms with Gasteiger partial charge in [-0.05, 0) is 60.5 Å². The summed E-state index contributed by atoms with van der Waals surface area (Å²) in [6.07, 6.45) is 8.37. The number of anilines is 1. The fraction of sp³-hybridized carbons (Fsp3) is 0.421. The van der Waals surface area contributed by atoms with Crippen LogP contribution in [-0.4, -0.2) is 12.3 Å². The van der Waals surface area contributed by atoms with Crippen molar-refractivity contribution in [3.63, 3.8) is 0 Å². The standard InChI is InChI=1S/C19H21NO/c1-13-10-17(21)12-15-11-16(6-7-18(13)15)20-9-8-14-4-2-3-5-19(14)20/h2-5,11-13,18H,6-10H2,1H3. The molecule has 1 heterocycles. The first-order chi connectivity index (χ1) is 10.2. The van der Waals surface area contributed by atoms with Gasteiger partial charge in [0, 0.05) is 24.4 Å². The van der Waals surface area contributed by atoms with Crippen LogP contribution in [-0.2, 0) is 11.2 Å². The normalized spacial score (nSPS) is 27.9. The Hall–Kier alpha value is -1.83. The Bertz CT molecular complexity index is 655. The monoisotopic (exact) mass is 279 g/mol. The van der Waals surface area contributed by atoms with Crippen LogP contribution in [0.1, 0.15) is 31.7 Å². The summed E-state index contributed by atoms with van der Waals surface area (Å²) in [5, 5.41) is 0. The number of allylic oxidation sites excluding steroid dienone is 4. The van der Waals surface area contributed by atoms with Crippen molar-refractivity contribution in [1.82, 2.24) is 0 Å². The van der Waals surface area contributed by atoms with Crippen LogP contribution >= 0.6 is 0 Å². The van der Waals surface area contributed by atoms with Gasteiger partial charge in [-0.15, -0.1) is 0 Å². The Labute approximate surface area is 126 Å². The number of rotatable bonds is 1. The minimum Gasteiger partial charge on any atom is -0.345 e. The van der Waals surface area contributed by atoms with Gasteiger partial charge >= 0.3 is 0 Å². The number of hydrogen-bond acceptors (Lipinski definition) is 2. The summed E-state index contributed by atoms with van der Waals surface area (Å²) in [5.74, 6) is 1.39. The molecule has 0 amide bonds. The summed E-state index contributed by atoms with van der Waals surface area (Å²) in [6.45, 7) is 3.30. The van der Waals surface area contributed by atoms with Gasteiger partial charge in [0.1, 0.15) is 0 Å². The molecular formula is C19H21NO. The second-order valence-corrected chi connectivity index (χ2v) is 6.60. The lowest BCUT2D eigenvalue weighted by Gasteiger charge is -2.35. The lowest BCUT2D eigenvalue weighted by molar-refractivity contribution is -0.116. The van der Waals surface area contributed by atoms with Crippen LogP contribution in [0.4, 0.5) is 5.69 Å². The first-order valence-corrected chi connectivity index (χ1v) is 8.03. The zero-order valence-electron chi connectivity index (χ0n) is 12.5. The van der Waals surface area contributed by atoms with E-state index in [-0.39, 0.29) is 0 Å². The zero-order chi connectivity index (χ0) is 14.4. The Balaban J connectivity index is 1.69. The summed E-state index contributed by atoms with van der Waals surface area (Å²) in [4.78, 5) is 14.3. The summed E-state index contributed by atoms with van der Waals surface area (Å²) in [6, 6.07) is 8.69. The van der Waals surface area contributed by atoms with Crippen LogP contribution in [0.5, 0.6) is 0 Å². The minimum atomic E-state index is 0.299. The SMILES string of the molecule is CC1CC(=O)C=C2C=C(N3CCc4ccccc43)CCC21. The predicted octanol–water partition coefficient (Wildman–Crippen LogP) is 3.88. The molecule has 0 radical (unpaired) electrons. The van der Waals surface area contributed by atoms with E-state index in [9.17, 15) is 4.79 Å². The number of fused-ring (bicyclic) bond motifs is 2. The van der Waals surface area contributed by atoms with E-state index < -0.39 is 0 Å². The van der Waals surface area contributed by atoms with Gasteiger partial charge in [-0.25, -0.2) is 0 Å². The molecule has 0 bridgehead atoms. The Morgan fingerprint density at radius 1 is 1.14 bits per heavy atom. The molecule has 0 saturated carbocycles. The summed E-state index contributed by atoms with van der Waals surface area (Å²) >= 11 is 0. The highest BCUT2D eigenvalue weighted by Crippen LogP contribution is 2.41. The lowest BCUT2D eigenvalue weighted by Crippen LogP contribution is -2.29. The molecule has 1 aliphatic heterocycles. The van der Waals surface area contributed by atoms with E-state index >= 15 is 0 Å². The molecule has 2 heteroatoms. The number of carbonyl (C=O) groups is 1. The minimum absolute atomic E-state index is 0.299. The summed E-state index contributed by atoms with van der Waals surface area (Å²) in [7, 11) is 0. The maximum absolute atomic E-state index is 11.8. The van der Waals surface area contributed by atoms with Crippen LogP contribution in [0.25, 0.3) is 0 Å². The summed E-state index contributed by atoms with van der Waals surface area (Å²) < 4.78 is 0. The number of hydrogen-bond donors (Lipinski definition) is 0. The smallest absolute Gasteiger partial charge is 0.156 e. The molecule has 0 saturated heterocycles. The molecule has 108 valence electrons. The molecule has 2 atom stereocenters. The van der Waals surface area contributed by atoms with Gasteiger partial charge in [-0.2, -0.15) is 0 Å². The van der Waals surface area contributed by atoms with Crippen molar-refractivity contribution in [3.8, 4) is 0 Å². The van der Waals surface area contributed by atoms with Crippen molar-refractivity contribution in [2.75, 3.05) is 11.4 Å². The highest BCUT2D eigenvalue weighted by Gasteiger charge is 2.32. The van der Waals surface area contributed by atoms with Crippen LogP contribution < -0.4 is 4.90 Å². The van der Waals surface area contributed by atoms with Gasteiger partial charge in [0.2, 0.25) is 0 Å². The predicted molar refractivity (Wildman–Crippen MR) is 85.2 cm³/mol. The van der Waals surface area contributed by atoms with Crippen LogP contribution in [0.3, 0.4) is 0 Å². The van der Waals surface area contributed by atoms with Gasteiger partial charge in [-0.1, -0.05) is 25.1 Å². The average molecular weight is 279 g/mol. The molecule has 2 nitrogen and oxygen atoms in total. The number of benzene rings is 1. The van der Waals surface area contributed by atoms with Gasteiger partial charge in [0.25, 0.3) is 0 Å². The average Bonchev–Trinajstić information content (AvgIpc) is 2.90. The van der Waals surface area contributed by atoms with E-state index in [4.69, 9.17) is 0 Å². The second-order valence-electron chi connectivity index (χ2n) is 6.60. The second kappa shape index (κ2) is 4.87. The van der Waals surface area contributed by atoms with Crippen molar-refractivity contribution in [1.29, 1.82) is 0 Å². The van der Waals surface area contributed by atoms with Crippen molar-refractivity contribution in [2.45, 2.75) is 32.6 Å². The Kier molecular flexibility index (Phi) is 2.99. The fourth-order valence-corrected chi connectivity index (χ4v) is 4.16. The Morgan fingerprint density at radius 2 is 2.00 bits per heavy atom. The van der Waals surface area contributed by atoms with E-state index in [0.717, 1.165) is 25.8 Å². The molecule has 0 N–H and O–H groups in total. The van der Waals surface area contributed by atoms with E-state index in [1.165, 1.54) is 28.9 Å². The number of carbonyl (C=O) groups excluding carboxylic acids is 1. The molecule has 1 aromatic carbocycles. The maximum Gasteiger partial charge on any atom is 0.156 e. The highest BCUT2D eigenvalue weighted by atomic mass is 16.1. The molecular weight excluding hydrogens is 258 g/mol. The van der Waals surface area contributed by atoms with E-state index in [1.807, 2.05) is 6.08 Å². The first-order valence-electron chi connectivity index (χ1n) is 8.03. The lowest BCUT2D eigenvalue weighted by atomic mass is 9.73. The molecule has 0 spiro atoms. The third-order valence-electron chi connectivity index (χ3n) is 5.24. The molecule has 1 aromatic rings. The van der Waals surface area contributed by atoms with Crippen molar-refractivity contribution >= 4 is 11.5 Å². The quantitative estimate of drug-likeness (QED) is 0.777. The van der Waals surface area contributed by atoms with Gasteiger partial charge < -0.3 is 4.90 Å². The van der Waals surface area contributed by atoms with Crippen LogP contribution in [0, 0.1) is 11.8 Å². The van der Waals surface area contributed by atoms with E-state index in [2.05, 4.69) is 42.2 Å². The van der Waals surface area contributed by atoms with E-state index in [0.29, 0.717) is 17.6 Å². The molecule has 21 heavy (non-hydrogen) atoms. The summed E-state index contributed by atoms with van der Waals surface area (Å²) in [5.41, 5.74) is 5.47. The molecule has 3 aliphatic rings. The third-order valence-corrected chi connectivity index (χ3v) is 5.24. The van der Waals surface area contributed by atoms with Crippen molar-refractivity contribution < 1.29 is 4.79 Å². The number of ketones is 1. The molecule has 0 aromatic heterocycles. The topological polar surface area (TPSA) is 20.3 Å². The molecule has 2 aliphatic carbocycles. The Morgan fingerprint density at radius 3 is 2.90 bits per heavy atom. The largest absolute Gasteiger partial charge is 0.345 e. The highest BCUT2D eigenvalue weighted by molar-refractivity contribution is 5.92. The molecule has 4 rings (SSSR count). The van der Waals surface area contributed by atoms with Gasteiger partial charge in [0.15, 0.2) is 5.78 Å². The van der Waals surface area contributed by atoms with Crippen LogP contribution in [0.2, 0.25) is 0 Å². The third kappa shape index (κ3) is 2.14. The maximum atomic E-state index is 11.8. The zero-order valence-corrected chi connectivity index (χ0v) is 12.5. The van der Waals surface area contributed by atoms with Crippen molar-refractivity contribution in [2.24, 2.45) is 11.8 Å². The number of para-hydroxylation sites is 1. The fourth-order valence-electron chi connectivity index (χ4n) is 4.16. The first kappa shape index (κ1) is 12.9. The van der Waals surface area contributed by atoms with Gasteiger partial charge in [0.05, 0.1) is 0 Å². The van der Waals surface area contributed by atoms with Crippen molar-refractivity contribution in [3.05, 3.63) is 53.3 Å². The molecule has 0 fully saturated rings. The van der Waals surface area contributed by atoms with Crippen LogP contribution in [0.15, 0.2) is 47.7 Å². The molecule has 2 unspecified atom stereocenters.